The van der Waals surface area contributed by atoms with E-state index >= 15 is 0 Å². The van der Waals surface area contributed by atoms with E-state index in [0.717, 1.165) is 26.9 Å². The number of hydrogen-bond acceptors (Lipinski definition) is 5. The fourth-order valence-corrected chi connectivity index (χ4v) is 3.91. The van der Waals surface area contributed by atoms with Crippen molar-refractivity contribution in [2.24, 2.45) is 10.9 Å². The van der Waals surface area contributed by atoms with Crippen LogP contribution >= 0.6 is 23.1 Å². The predicted octanol–water partition coefficient (Wildman–Crippen LogP) is 3.75. The van der Waals surface area contributed by atoms with Crippen LogP contribution in [-0.4, -0.2) is 16.4 Å². The molecule has 3 nitrogen and oxygen atoms in total. The number of para-hydroxylation sites is 1. The van der Waals surface area contributed by atoms with Gasteiger partial charge in [-0.15, -0.1) is 11.3 Å². The molecule has 2 aromatic carbocycles. The van der Waals surface area contributed by atoms with Crippen LogP contribution in [0.5, 0.6) is 0 Å². The van der Waals surface area contributed by atoms with Crippen molar-refractivity contribution < 1.29 is 0 Å². The number of nitrogens with zero attached hydrogens (tertiary/aromatic N) is 2. The first-order chi connectivity index (χ1) is 9.86. The van der Waals surface area contributed by atoms with Gasteiger partial charge in [0.25, 0.3) is 0 Å². The number of hydrazone groups is 1. The average molecular weight is 299 g/mol. The molecule has 5 heteroatoms. The van der Waals surface area contributed by atoms with Crippen molar-refractivity contribution in [2.75, 3.05) is 5.75 Å². The van der Waals surface area contributed by atoms with Gasteiger partial charge in [0.1, 0.15) is 0 Å². The summed E-state index contributed by atoms with van der Waals surface area (Å²) < 4.78 is 2.25. The molecule has 100 valence electrons. The highest BCUT2D eigenvalue weighted by Crippen LogP contribution is 2.29. The molecule has 3 aromatic rings. The molecule has 0 atom stereocenters. The van der Waals surface area contributed by atoms with Crippen molar-refractivity contribution >= 4 is 39.0 Å². The Hall–Kier alpha value is -1.85. The summed E-state index contributed by atoms with van der Waals surface area (Å²) in [5.74, 6) is 6.22. The van der Waals surface area contributed by atoms with E-state index in [2.05, 4.69) is 16.2 Å². The van der Waals surface area contributed by atoms with E-state index in [4.69, 9.17) is 5.84 Å². The van der Waals surface area contributed by atoms with E-state index in [0.29, 0.717) is 0 Å². The highest BCUT2D eigenvalue weighted by Gasteiger charge is 2.07. The van der Waals surface area contributed by atoms with Gasteiger partial charge in [-0.25, -0.2) is 4.98 Å². The Labute approximate surface area is 125 Å². The number of nitrogens with two attached hydrogens (primary N) is 1. The van der Waals surface area contributed by atoms with E-state index in [1.807, 2.05) is 48.5 Å². The van der Waals surface area contributed by atoms with Crippen LogP contribution in [0, 0.1) is 0 Å². The summed E-state index contributed by atoms with van der Waals surface area (Å²) in [5, 5.41) is 3.90. The second kappa shape index (κ2) is 6.07. The van der Waals surface area contributed by atoms with Gasteiger partial charge in [0.2, 0.25) is 0 Å². The fourth-order valence-electron chi connectivity index (χ4n) is 1.87. The lowest BCUT2D eigenvalue weighted by Crippen LogP contribution is -2.07. The van der Waals surface area contributed by atoms with Crippen LogP contribution in [-0.2, 0) is 0 Å². The third-order valence-corrected chi connectivity index (χ3v) is 5.06. The second-order valence-corrected chi connectivity index (χ2v) is 6.43. The van der Waals surface area contributed by atoms with Crippen LogP contribution in [0.2, 0.25) is 0 Å². The second-order valence-electron chi connectivity index (χ2n) is 4.18. The molecular formula is C15H13N3S2. The first-order valence-electron chi connectivity index (χ1n) is 6.17. The third kappa shape index (κ3) is 2.84. The Balaban J connectivity index is 1.75. The first-order valence-corrected chi connectivity index (χ1v) is 7.97. The number of rotatable bonds is 4. The van der Waals surface area contributed by atoms with E-state index in [9.17, 15) is 0 Å². The van der Waals surface area contributed by atoms with Gasteiger partial charge in [-0.2, -0.15) is 5.10 Å². The lowest BCUT2D eigenvalue weighted by atomic mass is 10.1. The molecular weight excluding hydrogens is 286 g/mol. The Bertz CT molecular complexity index is 702. The summed E-state index contributed by atoms with van der Waals surface area (Å²) in [7, 11) is 0. The van der Waals surface area contributed by atoms with Crippen LogP contribution in [0.25, 0.3) is 10.2 Å². The van der Waals surface area contributed by atoms with Crippen LogP contribution in [0.3, 0.4) is 0 Å². The van der Waals surface area contributed by atoms with E-state index in [1.54, 1.807) is 23.1 Å². The monoisotopic (exact) mass is 299 g/mol. The van der Waals surface area contributed by atoms with Crippen LogP contribution < -0.4 is 5.84 Å². The van der Waals surface area contributed by atoms with Crippen molar-refractivity contribution in [3.8, 4) is 0 Å². The maximum Gasteiger partial charge on any atom is 0.151 e. The molecule has 0 spiro atoms. The van der Waals surface area contributed by atoms with Crippen molar-refractivity contribution in [3.05, 3.63) is 60.2 Å². The number of thiazole rings is 1. The van der Waals surface area contributed by atoms with Crippen molar-refractivity contribution in [1.29, 1.82) is 0 Å². The smallest absolute Gasteiger partial charge is 0.151 e. The lowest BCUT2D eigenvalue weighted by molar-refractivity contribution is 1.24. The number of aromatic nitrogens is 1. The number of hydrogen-bond donors (Lipinski definition) is 1. The van der Waals surface area contributed by atoms with Gasteiger partial charge in [-0.3, -0.25) is 0 Å². The van der Waals surface area contributed by atoms with Crippen molar-refractivity contribution in [3.63, 3.8) is 0 Å². The van der Waals surface area contributed by atoms with E-state index in [1.165, 1.54) is 4.70 Å². The summed E-state index contributed by atoms with van der Waals surface area (Å²) in [5.41, 5.74) is 2.99. The maximum atomic E-state index is 5.50. The normalized spacial score (nSPS) is 11.9. The van der Waals surface area contributed by atoms with Gasteiger partial charge in [0.15, 0.2) is 4.34 Å². The summed E-state index contributed by atoms with van der Waals surface area (Å²) in [6, 6.07) is 18.2. The maximum absolute atomic E-state index is 5.50. The number of fused-ring (bicyclic) bond motifs is 1. The minimum atomic E-state index is 0.723. The third-order valence-electron chi connectivity index (χ3n) is 2.87. The van der Waals surface area contributed by atoms with Gasteiger partial charge >= 0.3 is 0 Å². The molecule has 0 fully saturated rings. The van der Waals surface area contributed by atoms with Gasteiger partial charge in [-0.1, -0.05) is 54.2 Å². The molecule has 3 rings (SSSR count). The number of benzene rings is 2. The zero-order valence-corrected chi connectivity index (χ0v) is 12.3. The molecule has 0 saturated heterocycles. The zero-order chi connectivity index (χ0) is 13.8. The number of thioether (sulfide) groups is 1. The average Bonchev–Trinajstić information content (AvgIpc) is 2.92. The predicted molar refractivity (Wildman–Crippen MR) is 87.5 cm³/mol. The first kappa shape index (κ1) is 13.1. The zero-order valence-electron chi connectivity index (χ0n) is 10.7. The Morgan fingerprint density at radius 3 is 2.60 bits per heavy atom. The largest absolute Gasteiger partial charge is 0.323 e. The van der Waals surface area contributed by atoms with Crippen LogP contribution in [0.15, 0.2) is 64.0 Å². The molecule has 0 radical (unpaired) electrons. The molecule has 0 aliphatic rings. The van der Waals surface area contributed by atoms with Crippen LogP contribution in [0.1, 0.15) is 5.56 Å². The lowest BCUT2D eigenvalue weighted by Gasteiger charge is -2.03. The molecule has 0 aliphatic carbocycles. The Morgan fingerprint density at radius 1 is 1.10 bits per heavy atom. The van der Waals surface area contributed by atoms with Crippen molar-refractivity contribution in [1.82, 2.24) is 4.98 Å². The topological polar surface area (TPSA) is 51.3 Å². The molecule has 0 saturated carbocycles. The van der Waals surface area contributed by atoms with Gasteiger partial charge in [-0.05, 0) is 17.7 Å². The quantitative estimate of drug-likeness (QED) is 0.345. The SMILES string of the molecule is N/N=C(\CSc1nc2ccccc2s1)c1ccccc1. The molecule has 20 heavy (non-hydrogen) atoms. The fraction of sp³-hybridized carbons (Fsp3) is 0.0667. The van der Waals surface area contributed by atoms with Gasteiger partial charge < -0.3 is 5.84 Å². The minimum absolute atomic E-state index is 0.723. The van der Waals surface area contributed by atoms with Crippen LogP contribution in [0.4, 0.5) is 0 Å². The minimum Gasteiger partial charge on any atom is -0.323 e. The summed E-state index contributed by atoms with van der Waals surface area (Å²) in [4.78, 5) is 4.60. The Morgan fingerprint density at radius 2 is 1.85 bits per heavy atom. The molecule has 0 aliphatic heterocycles. The summed E-state index contributed by atoms with van der Waals surface area (Å²) in [6.07, 6.45) is 0. The highest BCUT2D eigenvalue weighted by atomic mass is 32.2. The summed E-state index contributed by atoms with van der Waals surface area (Å²) in [6.45, 7) is 0. The van der Waals surface area contributed by atoms with E-state index < -0.39 is 0 Å². The highest BCUT2D eigenvalue weighted by molar-refractivity contribution is 8.01. The molecule has 0 bridgehead atoms. The molecule has 2 N–H and O–H groups in total. The van der Waals surface area contributed by atoms with E-state index in [-0.39, 0.29) is 0 Å². The standard InChI is InChI=1S/C15H13N3S2/c16-18-13(11-6-2-1-3-7-11)10-19-15-17-12-8-4-5-9-14(12)20-15/h1-9H,10,16H2/b18-13+. The van der Waals surface area contributed by atoms with Gasteiger partial charge in [0, 0.05) is 5.75 Å². The molecule has 0 unspecified atom stereocenters. The van der Waals surface area contributed by atoms with Crippen molar-refractivity contribution in [2.45, 2.75) is 4.34 Å². The molecule has 1 heterocycles. The Kier molecular flexibility index (Phi) is 3.99. The van der Waals surface area contributed by atoms with Gasteiger partial charge in [0.05, 0.1) is 15.9 Å². The summed E-state index contributed by atoms with van der Waals surface area (Å²) >= 11 is 3.37. The molecule has 1 aromatic heterocycles. The molecule has 0 amide bonds.